The Morgan fingerprint density at radius 2 is 1.94 bits per heavy atom. The van der Waals surface area contributed by atoms with Gasteiger partial charge in [-0.2, -0.15) is 0 Å². The maximum absolute atomic E-state index is 3.72. The van der Waals surface area contributed by atoms with Crippen molar-refractivity contribution < 1.29 is 0 Å². The third-order valence-electron chi connectivity index (χ3n) is 4.42. The summed E-state index contributed by atoms with van der Waals surface area (Å²) >= 11 is 0. The number of aromatic nitrogens is 1. The summed E-state index contributed by atoms with van der Waals surface area (Å²) in [6.07, 6.45) is 5.49. The number of rotatable bonds is 3. The molecule has 2 aromatic rings. The summed E-state index contributed by atoms with van der Waals surface area (Å²) in [5.74, 6) is 0. The molecule has 0 unspecified atom stereocenters. The third kappa shape index (κ3) is 1.95. The van der Waals surface area contributed by atoms with Crippen molar-refractivity contribution in [3.8, 4) is 0 Å². The van der Waals surface area contributed by atoms with Crippen LogP contribution >= 0.6 is 0 Å². The number of hydrogen-bond acceptors (Lipinski definition) is 1. The van der Waals surface area contributed by atoms with E-state index in [0.717, 1.165) is 12.6 Å². The van der Waals surface area contributed by atoms with E-state index in [1.54, 1.807) is 0 Å². The van der Waals surface area contributed by atoms with Gasteiger partial charge < -0.3 is 9.88 Å². The molecule has 1 aromatic heterocycles. The topological polar surface area (TPSA) is 17.0 Å². The van der Waals surface area contributed by atoms with Gasteiger partial charge in [0.15, 0.2) is 0 Å². The van der Waals surface area contributed by atoms with Crippen molar-refractivity contribution in [1.29, 1.82) is 0 Å². The van der Waals surface area contributed by atoms with Crippen LogP contribution in [0.2, 0.25) is 0 Å². The maximum atomic E-state index is 3.72. The SMILES string of the molecule is Cc1c(CNC2CCCC2)n(C)c2ccccc12. The number of fused-ring (bicyclic) bond motifs is 1. The fraction of sp³-hybridized carbons (Fsp3) is 0.500. The average molecular weight is 242 g/mol. The summed E-state index contributed by atoms with van der Waals surface area (Å²) in [5.41, 5.74) is 4.21. The highest BCUT2D eigenvalue weighted by Crippen LogP contribution is 2.25. The molecule has 96 valence electrons. The zero-order valence-corrected chi connectivity index (χ0v) is 11.4. The molecule has 1 N–H and O–H groups in total. The van der Waals surface area contributed by atoms with E-state index >= 15 is 0 Å². The first-order valence-electron chi connectivity index (χ1n) is 7.03. The molecule has 0 amide bonds. The summed E-state index contributed by atoms with van der Waals surface area (Å²) in [7, 11) is 2.18. The van der Waals surface area contributed by atoms with Crippen molar-refractivity contribution in [1.82, 2.24) is 9.88 Å². The Hall–Kier alpha value is -1.28. The summed E-state index contributed by atoms with van der Waals surface area (Å²) in [5, 5.41) is 5.11. The lowest BCUT2D eigenvalue weighted by molar-refractivity contribution is 0.513. The van der Waals surface area contributed by atoms with Gasteiger partial charge in [-0.05, 0) is 31.4 Å². The van der Waals surface area contributed by atoms with E-state index in [0.29, 0.717) is 0 Å². The molecule has 0 aliphatic heterocycles. The van der Waals surface area contributed by atoms with Gasteiger partial charge in [-0.3, -0.25) is 0 Å². The standard InChI is InChI=1S/C16H22N2/c1-12-14-9-5-6-10-15(14)18(2)16(12)11-17-13-7-3-4-8-13/h5-6,9-10,13,17H,3-4,7-8,11H2,1-2H3. The molecular weight excluding hydrogens is 220 g/mol. The minimum atomic E-state index is 0.738. The Morgan fingerprint density at radius 3 is 2.67 bits per heavy atom. The van der Waals surface area contributed by atoms with Crippen LogP contribution in [0.25, 0.3) is 10.9 Å². The number of para-hydroxylation sites is 1. The zero-order valence-electron chi connectivity index (χ0n) is 11.4. The van der Waals surface area contributed by atoms with Gasteiger partial charge in [-0.1, -0.05) is 31.0 Å². The van der Waals surface area contributed by atoms with Crippen LogP contribution in [0.1, 0.15) is 36.9 Å². The second kappa shape index (κ2) is 4.77. The lowest BCUT2D eigenvalue weighted by Gasteiger charge is -2.13. The van der Waals surface area contributed by atoms with E-state index in [2.05, 4.69) is 48.1 Å². The minimum Gasteiger partial charge on any atom is -0.346 e. The Balaban J connectivity index is 1.86. The van der Waals surface area contributed by atoms with Gasteiger partial charge in [0.1, 0.15) is 0 Å². The Labute approximate surface area is 109 Å². The molecule has 1 saturated carbocycles. The van der Waals surface area contributed by atoms with Gasteiger partial charge in [0, 0.05) is 36.2 Å². The van der Waals surface area contributed by atoms with E-state index in [1.165, 1.54) is 47.8 Å². The lowest BCUT2D eigenvalue weighted by Crippen LogP contribution is -2.26. The van der Waals surface area contributed by atoms with Crippen LogP contribution in [0.3, 0.4) is 0 Å². The van der Waals surface area contributed by atoms with Crippen molar-refractivity contribution in [3.05, 3.63) is 35.5 Å². The van der Waals surface area contributed by atoms with E-state index in [9.17, 15) is 0 Å². The van der Waals surface area contributed by atoms with Crippen LogP contribution in [0.4, 0.5) is 0 Å². The molecule has 1 fully saturated rings. The second-order valence-electron chi connectivity index (χ2n) is 5.51. The lowest BCUT2D eigenvalue weighted by atomic mass is 10.1. The van der Waals surface area contributed by atoms with E-state index in [-0.39, 0.29) is 0 Å². The first-order valence-corrected chi connectivity index (χ1v) is 7.03. The monoisotopic (exact) mass is 242 g/mol. The Kier molecular flexibility index (Phi) is 3.13. The van der Waals surface area contributed by atoms with Crippen molar-refractivity contribution in [2.24, 2.45) is 7.05 Å². The van der Waals surface area contributed by atoms with E-state index < -0.39 is 0 Å². The van der Waals surface area contributed by atoms with Gasteiger partial charge in [-0.25, -0.2) is 0 Å². The molecule has 0 radical (unpaired) electrons. The fourth-order valence-corrected chi connectivity index (χ4v) is 3.26. The molecule has 1 heterocycles. The molecule has 1 aliphatic carbocycles. The predicted molar refractivity (Wildman–Crippen MR) is 76.8 cm³/mol. The summed E-state index contributed by atoms with van der Waals surface area (Å²) in [6.45, 7) is 3.25. The van der Waals surface area contributed by atoms with Gasteiger partial charge in [0.2, 0.25) is 0 Å². The van der Waals surface area contributed by atoms with Crippen molar-refractivity contribution >= 4 is 10.9 Å². The first kappa shape index (κ1) is 11.8. The van der Waals surface area contributed by atoms with Crippen LogP contribution in [-0.4, -0.2) is 10.6 Å². The summed E-state index contributed by atoms with van der Waals surface area (Å²) < 4.78 is 2.34. The molecule has 3 rings (SSSR count). The number of hydrogen-bond donors (Lipinski definition) is 1. The molecule has 0 bridgehead atoms. The molecule has 0 atom stereocenters. The Bertz CT molecular complexity index is 508. The van der Waals surface area contributed by atoms with Crippen molar-refractivity contribution in [2.75, 3.05) is 0 Å². The smallest absolute Gasteiger partial charge is 0.0483 e. The molecule has 0 saturated heterocycles. The molecule has 2 nitrogen and oxygen atoms in total. The number of nitrogens with one attached hydrogen (secondary N) is 1. The zero-order chi connectivity index (χ0) is 12.5. The highest BCUT2D eigenvalue weighted by Gasteiger charge is 2.16. The molecule has 18 heavy (non-hydrogen) atoms. The minimum absolute atomic E-state index is 0.738. The summed E-state index contributed by atoms with van der Waals surface area (Å²) in [4.78, 5) is 0. The Morgan fingerprint density at radius 1 is 1.22 bits per heavy atom. The largest absolute Gasteiger partial charge is 0.346 e. The molecule has 1 aromatic carbocycles. The molecule has 2 heteroatoms. The van der Waals surface area contributed by atoms with Crippen molar-refractivity contribution in [2.45, 2.75) is 45.2 Å². The average Bonchev–Trinajstić information content (AvgIpc) is 2.98. The van der Waals surface area contributed by atoms with Crippen LogP contribution < -0.4 is 5.32 Å². The molecular formula is C16H22N2. The van der Waals surface area contributed by atoms with E-state index in [1.807, 2.05) is 0 Å². The number of nitrogens with zero attached hydrogens (tertiary/aromatic N) is 1. The van der Waals surface area contributed by atoms with Gasteiger partial charge in [0.25, 0.3) is 0 Å². The number of benzene rings is 1. The van der Waals surface area contributed by atoms with Crippen LogP contribution in [0.15, 0.2) is 24.3 Å². The van der Waals surface area contributed by atoms with Crippen LogP contribution in [-0.2, 0) is 13.6 Å². The quantitative estimate of drug-likeness (QED) is 0.871. The highest BCUT2D eigenvalue weighted by atomic mass is 15.0. The normalized spacial score (nSPS) is 16.8. The summed E-state index contributed by atoms with van der Waals surface area (Å²) in [6, 6.07) is 9.42. The number of aryl methyl sites for hydroxylation is 2. The van der Waals surface area contributed by atoms with Crippen LogP contribution in [0, 0.1) is 6.92 Å². The third-order valence-corrected chi connectivity index (χ3v) is 4.42. The maximum Gasteiger partial charge on any atom is 0.0483 e. The molecule has 1 aliphatic rings. The van der Waals surface area contributed by atoms with Gasteiger partial charge in [0.05, 0.1) is 0 Å². The van der Waals surface area contributed by atoms with Crippen molar-refractivity contribution in [3.63, 3.8) is 0 Å². The molecule has 0 spiro atoms. The van der Waals surface area contributed by atoms with Crippen LogP contribution in [0.5, 0.6) is 0 Å². The fourth-order valence-electron chi connectivity index (χ4n) is 3.26. The van der Waals surface area contributed by atoms with Gasteiger partial charge in [-0.15, -0.1) is 0 Å². The first-order chi connectivity index (χ1) is 8.77. The highest BCUT2D eigenvalue weighted by molar-refractivity contribution is 5.85. The predicted octanol–water partition coefficient (Wildman–Crippen LogP) is 3.52. The van der Waals surface area contributed by atoms with E-state index in [4.69, 9.17) is 0 Å². The van der Waals surface area contributed by atoms with Gasteiger partial charge >= 0.3 is 0 Å². The second-order valence-corrected chi connectivity index (χ2v) is 5.51.